The van der Waals surface area contributed by atoms with E-state index in [2.05, 4.69) is 10.6 Å². The fraction of sp³-hybridized carbons (Fsp3) is 0.941. The Hall–Kier alpha value is -0.280. The number of carbonyl (C=O) groups excluding carboxylic acids is 1. The summed E-state index contributed by atoms with van der Waals surface area (Å²) < 4.78 is 0. The van der Waals surface area contributed by atoms with Crippen molar-refractivity contribution in [3.8, 4) is 0 Å². The summed E-state index contributed by atoms with van der Waals surface area (Å²) in [7, 11) is 0. The molecular weight excluding hydrogens is 284 g/mol. The molecule has 4 heteroatoms. The van der Waals surface area contributed by atoms with Gasteiger partial charge in [-0.25, -0.2) is 0 Å². The van der Waals surface area contributed by atoms with Crippen molar-refractivity contribution < 1.29 is 4.79 Å². The minimum atomic E-state index is 0. The first-order chi connectivity index (χ1) is 9.71. The fourth-order valence-corrected chi connectivity index (χ4v) is 6.10. The highest BCUT2D eigenvalue weighted by Crippen LogP contribution is 2.61. The van der Waals surface area contributed by atoms with Gasteiger partial charge in [0.2, 0.25) is 5.91 Å². The van der Waals surface area contributed by atoms with Gasteiger partial charge in [0, 0.05) is 19.0 Å². The highest BCUT2D eigenvalue weighted by Gasteiger charge is 2.51. The van der Waals surface area contributed by atoms with Crippen molar-refractivity contribution >= 4 is 18.3 Å². The number of hydrogen-bond acceptors (Lipinski definition) is 2. The van der Waals surface area contributed by atoms with E-state index in [4.69, 9.17) is 0 Å². The topological polar surface area (TPSA) is 41.1 Å². The van der Waals surface area contributed by atoms with Crippen LogP contribution in [-0.2, 0) is 4.79 Å². The van der Waals surface area contributed by atoms with Crippen LogP contribution in [0.3, 0.4) is 0 Å². The predicted molar refractivity (Wildman–Crippen MR) is 86.5 cm³/mol. The molecule has 4 bridgehead atoms. The lowest BCUT2D eigenvalue weighted by Gasteiger charge is -2.56. The zero-order valence-electron chi connectivity index (χ0n) is 12.9. The Bertz CT molecular complexity index is 357. The Morgan fingerprint density at radius 1 is 1.10 bits per heavy atom. The highest BCUT2D eigenvalue weighted by molar-refractivity contribution is 5.85. The molecule has 120 valence electrons. The Morgan fingerprint density at radius 3 is 2.24 bits per heavy atom. The van der Waals surface area contributed by atoms with Gasteiger partial charge in [0.05, 0.1) is 0 Å². The lowest BCUT2D eigenvalue weighted by atomic mass is 9.49. The van der Waals surface area contributed by atoms with E-state index in [1.165, 1.54) is 44.9 Å². The maximum absolute atomic E-state index is 12.5. The summed E-state index contributed by atoms with van der Waals surface area (Å²) in [6.45, 7) is 2.08. The van der Waals surface area contributed by atoms with Gasteiger partial charge in [0.1, 0.15) is 0 Å². The largest absolute Gasteiger partial charge is 0.352 e. The van der Waals surface area contributed by atoms with E-state index in [1.54, 1.807) is 0 Å². The second-order valence-corrected chi connectivity index (χ2v) is 8.21. The van der Waals surface area contributed by atoms with E-state index in [-0.39, 0.29) is 12.4 Å². The zero-order chi connectivity index (χ0) is 13.6. The molecular formula is C17H29ClN2O. The first-order valence-electron chi connectivity index (χ1n) is 8.71. The average Bonchev–Trinajstić information content (AvgIpc) is 2.37. The van der Waals surface area contributed by atoms with Crippen molar-refractivity contribution in [2.45, 2.75) is 63.8 Å². The van der Waals surface area contributed by atoms with Gasteiger partial charge < -0.3 is 10.6 Å². The molecule has 0 radical (unpaired) electrons. The summed E-state index contributed by atoms with van der Waals surface area (Å²) in [4.78, 5) is 12.5. The Balaban J connectivity index is 0.00000132. The van der Waals surface area contributed by atoms with Gasteiger partial charge in [-0.2, -0.15) is 0 Å². The van der Waals surface area contributed by atoms with E-state index in [9.17, 15) is 4.79 Å². The molecule has 0 spiro atoms. The third-order valence-electron chi connectivity index (χ3n) is 6.36. The first kappa shape index (κ1) is 15.6. The smallest absolute Gasteiger partial charge is 0.220 e. The van der Waals surface area contributed by atoms with Gasteiger partial charge in [0.25, 0.3) is 0 Å². The quantitative estimate of drug-likeness (QED) is 0.841. The second-order valence-electron chi connectivity index (χ2n) is 8.21. The van der Waals surface area contributed by atoms with E-state index >= 15 is 0 Å². The Morgan fingerprint density at radius 2 is 1.71 bits per heavy atom. The molecule has 1 atom stereocenters. The predicted octanol–water partition coefficient (Wildman–Crippen LogP) is 2.88. The van der Waals surface area contributed by atoms with Crippen molar-refractivity contribution in [2.75, 3.05) is 13.1 Å². The Kier molecular flexibility index (Phi) is 4.52. The summed E-state index contributed by atoms with van der Waals surface area (Å²) >= 11 is 0. The molecule has 2 N–H and O–H groups in total. The molecule has 21 heavy (non-hydrogen) atoms. The van der Waals surface area contributed by atoms with E-state index in [0.717, 1.165) is 43.7 Å². The second kappa shape index (κ2) is 6.08. The van der Waals surface area contributed by atoms with Crippen LogP contribution in [0.4, 0.5) is 0 Å². The van der Waals surface area contributed by atoms with Crippen molar-refractivity contribution in [2.24, 2.45) is 23.2 Å². The molecule has 1 saturated heterocycles. The number of carbonyl (C=O) groups is 1. The van der Waals surface area contributed by atoms with Crippen molar-refractivity contribution in [1.82, 2.24) is 10.6 Å². The van der Waals surface area contributed by atoms with Crippen LogP contribution in [0.5, 0.6) is 0 Å². The molecule has 5 aliphatic rings. The van der Waals surface area contributed by atoms with E-state index < -0.39 is 0 Å². The molecule has 0 aromatic carbocycles. The molecule has 1 amide bonds. The van der Waals surface area contributed by atoms with Gasteiger partial charge in [-0.05, 0) is 81.1 Å². The molecule has 4 saturated carbocycles. The van der Waals surface area contributed by atoms with Gasteiger partial charge in [-0.15, -0.1) is 12.4 Å². The van der Waals surface area contributed by atoms with Gasteiger partial charge in [0.15, 0.2) is 0 Å². The van der Waals surface area contributed by atoms with Crippen LogP contribution in [0.1, 0.15) is 57.8 Å². The normalized spacial score (nSPS) is 44.2. The monoisotopic (exact) mass is 312 g/mol. The van der Waals surface area contributed by atoms with Crippen LogP contribution in [-0.4, -0.2) is 25.0 Å². The van der Waals surface area contributed by atoms with Gasteiger partial charge in [-0.1, -0.05) is 0 Å². The lowest BCUT2D eigenvalue weighted by molar-refractivity contribution is -0.130. The lowest BCUT2D eigenvalue weighted by Crippen LogP contribution is -2.50. The molecule has 5 fully saturated rings. The summed E-state index contributed by atoms with van der Waals surface area (Å²) in [6, 6.07) is 0.380. The van der Waals surface area contributed by atoms with Crippen molar-refractivity contribution in [3.63, 3.8) is 0 Å². The van der Waals surface area contributed by atoms with E-state index in [0.29, 0.717) is 17.4 Å². The minimum absolute atomic E-state index is 0. The van der Waals surface area contributed by atoms with Crippen molar-refractivity contribution in [1.29, 1.82) is 0 Å². The summed E-state index contributed by atoms with van der Waals surface area (Å²) in [5.74, 6) is 3.18. The van der Waals surface area contributed by atoms with Crippen LogP contribution in [0.25, 0.3) is 0 Å². The third kappa shape index (κ3) is 3.24. The SMILES string of the molecule is Cl.O=C(CC12CC3CC(CC(C3)C1)C2)N[C@H]1CCCNC1. The van der Waals surface area contributed by atoms with Crippen LogP contribution < -0.4 is 10.6 Å². The van der Waals surface area contributed by atoms with Crippen LogP contribution in [0.2, 0.25) is 0 Å². The molecule has 4 aliphatic carbocycles. The first-order valence-corrected chi connectivity index (χ1v) is 8.71. The van der Waals surface area contributed by atoms with E-state index in [1.807, 2.05) is 0 Å². The molecule has 0 aromatic rings. The number of halogens is 1. The van der Waals surface area contributed by atoms with Crippen molar-refractivity contribution in [3.05, 3.63) is 0 Å². The molecule has 1 heterocycles. The number of piperidine rings is 1. The molecule has 0 aromatic heterocycles. The number of rotatable bonds is 3. The number of hydrogen-bond donors (Lipinski definition) is 2. The maximum Gasteiger partial charge on any atom is 0.220 e. The molecule has 5 rings (SSSR count). The van der Waals surface area contributed by atoms with Gasteiger partial charge in [-0.3, -0.25) is 4.79 Å². The number of amides is 1. The third-order valence-corrected chi connectivity index (χ3v) is 6.36. The summed E-state index contributed by atoms with van der Waals surface area (Å²) in [6.07, 6.45) is 11.6. The highest BCUT2D eigenvalue weighted by atomic mass is 35.5. The number of nitrogens with one attached hydrogen (secondary N) is 2. The van der Waals surface area contributed by atoms with Crippen LogP contribution >= 0.6 is 12.4 Å². The van der Waals surface area contributed by atoms with Crippen LogP contribution in [0, 0.1) is 23.2 Å². The average molecular weight is 313 g/mol. The van der Waals surface area contributed by atoms with Crippen LogP contribution in [0.15, 0.2) is 0 Å². The van der Waals surface area contributed by atoms with Gasteiger partial charge >= 0.3 is 0 Å². The summed E-state index contributed by atoms with van der Waals surface area (Å²) in [5, 5.41) is 6.68. The molecule has 1 aliphatic heterocycles. The molecule has 0 unspecified atom stereocenters. The Labute approximate surface area is 134 Å². The zero-order valence-corrected chi connectivity index (χ0v) is 13.7. The maximum atomic E-state index is 12.5. The molecule has 3 nitrogen and oxygen atoms in total. The fourth-order valence-electron chi connectivity index (χ4n) is 6.10. The standard InChI is InChI=1S/C17H28N2O.ClH/c20-16(19-15-2-1-3-18-11-15)10-17-7-12-4-13(8-17)6-14(5-12)9-17;/h12-15,18H,1-11H2,(H,19,20);1H/t12?,13?,14?,15-,17?;/m0./s1. The summed E-state index contributed by atoms with van der Waals surface area (Å²) in [5.41, 5.74) is 0.390. The minimum Gasteiger partial charge on any atom is -0.352 e.